The average molecular weight is 286 g/mol. The van der Waals surface area contributed by atoms with Crippen LogP contribution in [0.5, 0.6) is 0 Å². The Morgan fingerprint density at radius 1 is 1.32 bits per heavy atom. The van der Waals surface area contributed by atoms with Crippen molar-refractivity contribution in [1.82, 2.24) is 10.0 Å². The molecule has 5 nitrogen and oxygen atoms in total. The Labute approximate surface area is 115 Å². The standard InChI is InChI=1S/C13H22N2O3S/c1-4-14-10-12-7-5-6-8-13(12)19(16,17)15-9-11(2)18-3/h5-8,11,14-15H,4,9-10H2,1-3H3. The molecule has 0 aliphatic rings. The van der Waals surface area contributed by atoms with Crippen molar-refractivity contribution in [2.24, 2.45) is 0 Å². The van der Waals surface area contributed by atoms with Crippen LogP contribution in [-0.2, 0) is 21.3 Å². The third kappa shape index (κ3) is 4.91. The molecular weight excluding hydrogens is 264 g/mol. The Bertz CT molecular complexity index is 488. The van der Waals surface area contributed by atoms with Crippen LogP contribution in [0.15, 0.2) is 29.2 Å². The SMILES string of the molecule is CCNCc1ccccc1S(=O)(=O)NCC(C)OC. The average Bonchev–Trinajstić information content (AvgIpc) is 2.42. The van der Waals surface area contributed by atoms with Crippen molar-refractivity contribution in [2.45, 2.75) is 31.4 Å². The van der Waals surface area contributed by atoms with Crippen molar-refractivity contribution in [2.75, 3.05) is 20.2 Å². The number of hydrogen-bond donors (Lipinski definition) is 2. The van der Waals surface area contributed by atoms with Crippen molar-refractivity contribution in [3.05, 3.63) is 29.8 Å². The highest BCUT2D eigenvalue weighted by Crippen LogP contribution is 2.15. The van der Waals surface area contributed by atoms with Gasteiger partial charge < -0.3 is 10.1 Å². The summed E-state index contributed by atoms with van der Waals surface area (Å²) < 4.78 is 32.1. The van der Waals surface area contributed by atoms with Crippen LogP contribution in [0.4, 0.5) is 0 Å². The fraction of sp³-hybridized carbons (Fsp3) is 0.538. The van der Waals surface area contributed by atoms with Gasteiger partial charge in [-0.05, 0) is 25.1 Å². The van der Waals surface area contributed by atoms with Gasteiger partial charge in [-0.25, -0.2) is 13.1 Å². The van der Waals surface area contributed by atoms with Crippen LogP contribution >= 0.6 is 0 Å². The number of benzene rings is 1. The van der Waals surface area contributed by atoms with Crippen molar-refractivity contribution in [3.8, 4) is 0 Å². The Kier molecular flexibility index (Phi) is 6.44. The lowest BCUT2D eigenvalue weighted by molar-refractivity contribution is 0.122. The van der Waals surface area contributed by atoms with Gasteiger partial charge in [0.25, 0.3) is 0 Å². The van der Waals surface area contributed by atoms with Crippen LogP contribution in [0.3, 0.4) is 0 Å². The van der Waals surface area contributed by atoms with Crippen molar-refractivity contribution >= 4 is 10.0 Å². The number of rotatable bonds is 8. The molecule has 19 heavy (non-hydrogen) atoms. The van der Waals surface area contributed by atoms with Crippen molar-refractivity contribution in [1.29, 1.82) is 0 Å². The fourth-order valence-corrected chi connectivity index (χ4v) is 2.91. The highest BCUT2D eigenvalue weighted by molar-refractivity contribution is 7.89. The zero-order valence-electron chi connectivity index (χ0n) is 11.6. The molecule has 0 bridgehead atoms. The van der Waals surface area contributed by atoms with E-state index in [1.807, 2.05) is 26.0 Å². The van der Waals surface area contributed by atoms with E-state index in [9.17, 15) is 8.42 Å². The molecule has 6 heteroatoms. The summed E-state index contributed by atoms with van der Waals surface area (Å²) in [4.78, 5) is 0.319. The Hall–Kier alpha value is -0.950. The van der Waals surface area contributed by atoms with E-state index in [4.69, 9.17) is 4.74 Å². The molecule has 0 saturated heterocycles. The van der Waals surface area contributed by atoms with Gasteiger partial charge in [0.15, 0.2) is 0 Å². The monoisotopic (exact) mass is 286 g/mol. The molecule has 0 amide bonds. The lowest BCUT2D eigenvalue weighted by Gasteiger charge is -2.14. The molecule has 1 aromatic carbocycles. The maximum absolute atomic E-state index is 12.2. The minimum atomic E-state index is -3.50. The smallest absolute Gasteiger partial charge is 0.240 e. The molecule has 1 unspecified atom stereocenters. The van der Waals surface area contributed by atoms with Crippen molar-refractivity contribution < 1.29 is 13.2 Å². The Morgan fingerprint density at radius 3 is 2.63 bits per heavy atom. The number of sulfonamides is 1. The molecule has 0 aliphatic heterocycles. The van der Waals surface area contributed by atoms with E-state index in [1.165, 1.54) is 0 Å². The van der Waals surface area contributed by atoms with E-state index < -0.39 is 10.0 Å². The molecule has 0 fully saturated rings. The quantitative estimate of drug-likeness (QED) is 0.751. The first-order chi connectivity index (χ1) is 9.01. The van der Waals surface area contributed by atoms with E-state index in [-0.39, 0.29) is 12.6 Å². The number of nitrogens with one attached hydrogen (secondary N) is 2. The third-order valence-corrected chi connectivity index (χ3v) is 4.31. The summed E-state index contributed by atoms with van der Waals surface area (Å²) in [6, 6.07) is 7.00. The van der Waals surface area contributed by atoms with E-state index >= 15 is 0 Å². The highest BCUT2D eigenvalue weighted by atomic mass is 32.2. The van der Waals surface area contributed by atoms with E-state index in [0.717, 1.165) is 12.1 Å². The molecule has 1 rings (SSSR count). The van der Waals surface area contributed by atoms with Crippen LogP contribution < -0.4 is 10.0 Å². The van der Waals surface area contributed by atoms with Crippen LogP contribution in [-0.4, -0.2) is 34.7 Å². The molecule has 1 atom stereocenters. The van der Waals surface area contributed by atoms with Gasteiger partial charge in [0.1, 0.15) is 0 Å². The highest BCUT2D eigenvalue weighted by Gasteiger charge is 2.18. The van der Waals surface area contributed by atoms with Crippen LogP contribution in [0.2, 0.25) is 0 Å². The summed E-state index contributed by atoms with van der Waals surface area (Å²) in [5, 5.41) is 3.14. The van der Waals surface area contributed by atoms with Gasteiger partial charge in [0, 0.05) is 20.2 Å². The molecule has 0 aromatic heterocycles. The van der Waals surface area contributed by atoms with Gasteiger partial charge in [-0.15, -0.1) is 0 Å². The molecular formula is C13H22N2O3S. The Balaban J connectivity index is 2.88. The summed E-state index contributed by atoms with van der Waals surface area (Å²) in [6.45, 7) is 5.38. The van der Waals surface area contributed by atoms with Gasteiger partial charge in [-0.3, -0.25) is 0 Å². The predicted molar refractivity (Wildman–Crippen MR) is 75.5 cm³/mol. The van der Waals surface area contributed by atoms with Gasteiger partial charge in [-0.1, -0.05) is 25.1 Å². The molecule has 108 valence electrons. The van der Waals surface area contributed by atoms with Gasteiger partial charge in [0.05, 0.1) is 11.0 Å². The molecule has 1 aromatic rings. The van der Waals surface area contributed by atoms with E-state index in [0.29, 0.717) is 11.4 Å². The van der Waals surface area contributed by atoms with Crippen molar-refractivity contribution in [3.63, 3.8) is 0 Å². The lowest BCUT2D eigenvalue weighted by Crippen LogP contribution is -2.32. The molecule has 0 saturated carbocycles. The maximum Gasteiger partial charge on any atom is 0.240 e. The van der Waals surface area contributed by atoms with Crippen LogP contribution in [0.25, 0.3) is 0 Å². The molecule has 0 radical (unpaired) electrons. The minimum Gasteiger partial charge on any atom is -0.380 e. The van der Waals surface area contributed by atoms with E-state index in [1.54, 1.807) is 19.2 Å². The zero-order valence-corrected chi connectivity index (χ0v) is 12.5. The summed E-state index contributed by atoms with van der Waals surface area (Å²) >= 11 is 0. The third-order valence-electron chi connectivity index (χ3n) is 2.79. The lowest BCUT2D eigenvalue weighted by atomic mass is 10.2. The summed E-state index contributed by atoms with van der Waals surface area (Å²) in [5.74, 6) is 0. The minimum absolute atomic E-state index is 0.157. The van der Waals surface area contributed by atoms with Gasteiger partial charge >= 0.3 is 0 Å². The molecule has 2 N–H and O–H groups in total. The number of ether oxygens (including phenoxy) is 1. The van der Waals surface area contributed by atoms with Gasteiger partial charge in [-0.2, -0.15) is 0 Å². The summed E-state index contributed by atoms with van der Waals surface area (Å²) in [7, 11) is -1.94. The first-order valence-electron chi connectivity index (χ1n) is 6.32. The largest absolute Gasteiger partial charge is 0.380 e. The first-order valence-corrected chi connectivity index (χ1v) is 7.80. The predicted octanol–water partition coefficient (Wildman–Crippen LogP) is 1.11. The number of methoxy groups -OCH3 is 1. The van der Waals surface area contributed by atoms with Crippen LogP contribution in [0.1, 0.15) is 19.4 Å². The molecule has 0 spiro atoms. The second-order valence-electron chi connectivity index (χ2n) is 4.29. The maximum atomic E-state index is 12.2. The normalized spacial score (nSPS) is 13.4. The summed E-state index contributed by atoms with van der Waals surface area (Å²) in [5.41, 5.74) is 0.766. The summed E-state index contributed by atoms with van der Waals surface area (Å²) in [6.07, 6.45) is -0.157. The first kappa shape index (κ1) is 16.1. The second kappa shape index (κ2) is 7.59. The molecule has 0 aliphatic carbocycles. The second-order valence-corrected chi connectivity index (χ2v) is 6.02. The number of hydrogen-bond acceptors (Lipinski definition) is 4. The van der Waals surface area contributed by atoms with Crippen LogP contribution in [0, 0.1) is 0 Å². The van der Waals surface area contributed by atoms with E-state index in [2.05, 4.69) is 10.0 Å². The topological polar surface area (TPSA) is 67.4 Å². The van der Waals surface area contributed by atoms with Gasteiger partial charge in [0.2, 0.25) is 10.0 Å². The Morgan fingerprint density at radius 2 is 2.00 bits per heavy atom. The fourth-order valence-electron chi connectivity index (χ4n) is 1.56. The zero-order chi connectivity index (χ0) is 14.3. The molecule has 0 heterocycles.